The van der Waals surface area contributed by atoms with Crippen LogP contribution in [0.3, 0.4) is 0 Å². The van der Waals surface area contributed by atoms with E-state index in [9.17, 15) is 4.79 Å². The van der Waals surface area contributed by atoms with Crippen molar-refractivity contribution in [3.05, 3.63) is 42.2 Å². The molecule has 2 aromatic heterocycles. The Kier molecular flexibility index (Phi) is 5.27. The Morgan fingerprint density at radius 3 is 2.92 bits per heavy atom. The third kappa shape index (κ3) is 4.01. The summed E-state index contributed by atoms with van der Waals surface area (Å²) in [5, 5.41) is 3.61. The average Bonchev–Trinajstić information content (AvgIpc) is 3.20. The van der Waals surface area contributed by atoms with Gasteiger partial charge in [0.25, 0.3) is 5.91 Å². The van der Waals surface area contributed by atoms with Gasteiger partial charge in [-0.3, -0.25) is 4.79 Å². The van der Waals surface area contributed by atoms with Gasteiger partial charge in [-0.25, -0.2) is 4.98 Å². The minimum atomic E-state index is -0.216. The smallest absolute Gasteiger partial charge is 0.287 e. The van der Waals surface area contributed by atoms with E-state index < -0.39 is 0 Å². The molecule has 3 aromatic rings. The number of hydrogen-bond donors (Lipinski definition) is 1. The van der Waals surface area contributed by atoms with Crippen LogP contribution in [-0.4, -0.2) is 30.1 Å². The van der Waals surface area contributed by atoms with Crippen LogP contribution in [0.4, 0.5) is 0 Å². The van der Waals surface area contributed by atoms with Crippen LogP contribution in [0.25, 0.3) is 21.0 Å². The van der Waals surface area contributed by atoms with Crippen molar-refractivity contribution in [2.75, 3.05) is 13.2 Å². The fourth-order valence-corrected chi connectivity index (χ4v) is 3.16. The number of aromatic nitrogens is 1. The first-order chi connectivity index (χ1) is 11.6. The number of para-hydroxylation sites is 1. The molecule has 0 aliphatic rings. The SMILES string of the molecule is CC(C)OCCCNC(=O)c1ccc(-c2nc3ccccc3s2)o1. The standard InChI is InChI=1S/C18H20N2O3S/c1-12(2)22-11-5-10-19-17(21)14-8-9-15(23-14)18-20-13-6-3-4-7-16(13)24-18/h3-4,6-9,12H,5,10-11H2,1-2H3,(H,19,21). The van der Waals surface area contributed by atoms with Crippen molar-refractivity contribution >= 4 is 27.5 Å². The predicted molar refractivity (Wildman–Crippen MR) is 95.4 cm³/mol. The van der Waals surface area contributed by atoms with Gasteiger partial charge >= 0.3 is 0 Å². The van der Waals surface area contributed by atoms with Crippen LogP contribution in [-0.2, 0) is 4.74 Å². The van der Waals surface area contributed by atoms with Gasteiger partial charge in [-0.1, -0.05) is 12.1 Å². The molecule has 2 heterocycles. The van der Waals surface area contributed by atoms with Gasteiger partial charge in [0.05, 0.1) is 16.3 Å². The molecule has 1 N–H and O–H groups in total. The van der Waals surface area contributed by atoms with E-state index >= 15 is 0 Å². The largest absolute Gasteiger partial charge is 0.448 e. The minimum Gasteiger partial charge on any atom is -0.448 e. The summed E-state index contributed by atoms with van der Waals surface area (Å²) in [6.07, 6.45) is 0.983. The summed E-state index contributed by atoms with van der Waals surface area (Å²) < 4.78 is 12.2. The Hall–Kier alpha value is -2.18. The third-order valence-electron chi connectivity index (χ3n) is 3.39. The normalized spacial score (nSPS) is 11.3. The van der Waals surface area contributed by atoms with Gasteiger partial charge in [0.1, 0.15) is 0 Å². The number of hydrogen-bond acceptors (Lipinski definition) is 5. The fraction of sp³-hybridized carbons (Fsp3) is 0.333. The van der Waals surface area contributed by atoms with E-state index in [2.05, 4.69) is 10.3 Å². The number of carbonyl (C=O) groups excluding carboxylic acids is 1. The zero-order valence-electron chi connectivity index (χ0n) is 13.7. The fourth-order valence-electron chi connectivity index (χ4n) is 2.23. The van der Waals surface area contributed by atoms with E-state index in [0.717, 1.165) is 21.6 Å². The first-order valence-electron chi connectivity index (χ1n) is 7.99. The van der Waals surface area contributed by atoms with Crippen molar-refractivity contribution < 1.29 is 13.9 Å². The summed E-state index contributed by atoms with van der Waals surface area (Å²) in [5.41, 5.74) is 0.935. The van der Waals surface area contributed by atoms with E-state index in [1.54, 1.807) is 23.5 Å². The van der Waals surface area contributed by atoms with Crippen LogP contribution in [0.15, 0.2) is 40.8 Å². The minimum absolute atomic E-state index is 0.210. The Morgan fingerprint density at radius 2 is 2.12 bits per heavy atom. The summed E-state index contributed by atoms with van der Waals surface area (Å²) >= 11 is 1.55. The second-order valence-corrected chi connectivity index (χ2v) is 6.71. The number of ether oxygens (including phenoxy) is 1. The van der Waals surface area contributed by atoms with Crippen molar-refractivity contribution in [3.8, 4) is 10.8 Å². The number of furan rings is 1. The maximum atomic E-state index is 12.1. The van der Waals surface area contributed by atoms with Crippen LogP contribution >= 0.6 is 11.3 Å². The molecular weight excluding hydrogens is 324 g/mol. The van der Waals surface area contributed by atoms with Crippen molar-refractivity contribution in [2.24, 2.45) is 0 Å². The number of amides is 1. The number of nitrogens with zero attached hydrogens (tertiary/aromatic N) is 1. The summed E-state index contributed by atoms with van der Waals surface area (Å²) in [4.78, 5) is 16.6. The molecular formula is C18H20N2O3S. The molecule has 5 nitrogen and oxygen atoms in total. The van der Waals surface area contributed by atoms with Crippen molar-refractivity contribution in [1.29, 1.82) is 0 Å². The molecule has 1 amide bonds. The van der Waals surface area contributed by atoms with Gasteiger partial charge in [-0.15, -0.1) is 11.3 Å². The number of nitrogens with one attached hydrogen (secondary N) is 1. The molecule has 0 saturated heterocycles. The van der Waals surface area contributed by atoms with Gasteiger partial charge in [0, 0.05) is 13.2 Å². The molecule has 0 atom stereocenters. The molecule has 3 rings (SSSR count). The summed E-state index contributed by atoms with van der Waals surface area (Å²) in [6.45, 7) is 5.17. The maximum absolute atomic E-state index is 12.1. The highest BCUT2D eigenvalue weighted by molar-refractivity contribution is 7.21. The molecule has 0 fully saturated rings. The van der Waals surface area contributed by atoms with Gasteiger partial charge in [-0.2, -0.15) is 0 Å². The lowest BCUT2D eigenvalue weighted by Gasteiger charge is -2.07. The Bertz CT molecular complexity index is 789. The van der Waals surface area contributed by atoms with Crippen LogP contribution < -0.4 is 5.32 Å². The topological polar surface area (TPSA) is 64.4 Å². The number of thiazole rings is 1. The molecule has 0 radical (unpaired) electrons. The Labute approximate surface area is 144 Å². The predicted octanol–water partition coefficient (Wildman–Crippen LogP) is 4.10. The molecule has 0 aliphatic carbocycles. The van der Waals surface area contributed by atoms with E-state index in [1.807, 2.05) is 38.1 Å². The number of rotatable bonds is 7. The number of fused-ring (bicyclic) bond motifs is 1. The first-order valence-corrected chi connectivity index (χ1v) is 8.80. The van der Waals surface area contributed by atoms with Gasteiger partial charge in [0.15, 0.2) is 16.5 Å². The van der Waals surface area contributed by atoms with E-state index in [-0.39, 0.29) is 12.0 Å². The lowest BCUT2D eigenvalue weighted by atomic mass is 10.3. The summed E-state index contributed by atoms with van der Waals surface area (Å²) in [7, 11) is 0. The quantitative estimate of drug-likeness (QED) is 0.655. The molecule has 1 aromatic carbocycles. The zero-order valence-corrected chi connectivity index (χ0v) is 14.6. The van der Waals surface area contributed by atoms with Crippen molar-refractivity contribution in [1.82, 2.24) is 10.3 Å². The van der Waals surface area contributed by atoms with Crippen LogP contribution in [0.1, 0.15) is 30.8 Å². The highest BCUT2D eigenvalue weighted by Crippen LogP contribution is 2.31. The lowest BCUT2D eigenvalue weighted by molar-refractivity contribution is 0.0753. The van der Waals surface area contributed by atoms with Gasteiger partial charge < -0.3 is 14.5 Å². The lowest BCUT2D eigenvalue weighted by Crippen LogP contribution is -2.25. The third-order valence-corrected chi connectivity index (χ3v) is 4.44. The second kappa shape index (κ2) is 7.59. The van der Waals surface area contributed by atoms with Crippen LogP contribution in [0, 0.1) is 0 Å². The van der Waals surface area contributed by atoms with E-state index in [4.69, 9.17) is 9.15 Å². The van der Waals surface area contributed by atoms with Gasteiger partial charge in [0.2, 0.25) is 0 Å². The highest BCUT2D eigenvalue weighted by Gasteiger charge is 2.14. The average molecular weight is 344 g/mol. The van der Waals surface area contributed by atoms with Crippen LogP contribution in [0.2, 0.25) is 0 Å². The Balaban J connectivity index is 1.59. The summed E-state index contributed by atoms with van der Waals surface area (Å²) in [6, 6.07) is 11.4. The molecule has 0 spiro atoms. The molecule has 24 heavy (non-hydrogen) atoms. The monoisotopic (exact) mass is 344 g/mol. The van der Waals surface area contributed by atoms with Crippen molar-refractivity contribution in [3.63, 3.8) is 0 Å². The molecule has 6 heteroatoms. The number of carbonyl (C=O) groups is 1. The molecule has 0 unspecified atom stereocenters. The summed E-state index contributed by atoms with van der Waals surface area (Å²) in [5.74, 6) is 0.699. The molecule has 126 valence electrons. The molecule has 0 bridgehead atoms. The van der Waals surface area contributed by atoms with Crippen molar-refractivity contribution in [2.45, 2.75) is 26.4 Å². The second-order valence-electron chi connectivity index (χ2n) is 5.68. The van der Waals surface area contributed by atoms with Crippen LogP contribution in [0.5, 0.6) is 0 Å². The first kappa shape index (κ1) is 16.7. The molecule has 0 saturated carbocycles. The van der Waals surface area contributed by atoms with E-state index in [1.165, 1.54) is 0 Å². The highest BCUT2D eigenvalue weighted by atomic mass is 32.1. The molecule has 0 aliphatic heterocycles. The van der Waals surface area contributed by atoms with Gasteiger partial charge in [-0.05, 0) is 44.5 Å². The maximum Gasteiger partial charge on any atom is 0.287 e. The zero-order chi connectivity index (χ0) is 16.9. The Morgan fingerprint density at radius 1 is 1.29 bits per heavy atom. The van der Waals surface area contributed by atoms with E-state index in [0.29, 0.717) is 24.7 Å². The number of benzene rings is 1.